The summed E-state index contributed by atoms with van der Waals surface area (Å²) in [6, 6.07) is 13.1. The number of nitrogens with zero attached hydrogens (tertiary/aromatic N) is 3. The van der Waals surface area contributed by atoms with Crippen molar-refractivity contribution in [3.8, 4) is 0 Å². The second-order valence-electron chi connectivity index (χ2n) is 6.31. The molecule has 1 N–H and O–H groups in total. The Bertz CT molecular complexity index is 916. The van der Waals surface area contributed by atoms with E-state index in [1.807, 2.05) is 52.7 Å². The number of hydrogen-bond donors (Lipinski definition) is 1. The molecule has 1 aliphatic rings. The molecule has 1 fully saturated rings. The lowest BCUT2D eigenvalue weighted by Gasteiger charge is -2.30. The summed E-state index contributed by atoms with van der Waals surface area (Å²) in [7, 11) is 0. The number of aromatic nitrogens is 2. The number of para-hydroxylation sites is 1. The second kappa shape index (κ2) is 7.98. The first-order valence-electron chi connectivity index (χ1n) is 8.73. The average molecular weight is 399 g/mol. The topological polar surface area (TPSA) is 75.2 Å². The minimum Gasteiger partial charge on any atom is -0.338 e. The van der Waals surface area contributed by atoms with Crippen LogP contribution < -0.4 is 5.32 Å². The Labute approximate surface area is 164 Å². The van der Waals surface area contributed by atoms with Gasteiger partial charge in [0.05, 0.1) is 4.88 Å². The van der Waals surface area contributed by atoms with E-state index in [-0.39, 0.29) is 17.7 Å². The van der Waals surface area contributed by atoms with E-state index in [1.165, 1.54) is 22.7 Å². The summed E-state index contributed by atoms with van der Waals surface area (Å²) in [6.45, 7) is 1.40. The summed E-state index contributed by atoms with van der Waals surface area (Å²) in [4.78, 5) is 27.4. The van der Waals surface area contributed by atoms with Crippen molar-refractivity contribution in [3.63, 3.8) is 0 Å². The molecule has 4 rings (SSSR count). The third-order valence-corrected chi connectivity index (χ3v) is 6.47. The van der Waals surface area contributed by atoms with Crippen LogP contribution in [0, 0.1) is 0 Å². The van der Waals surface area contributed by atoms with Crippen molar-refractivity contribution in [1.29, 1.82) is 0 Å². The number of amides is 2. The van der Waals surface area contributed by atoms with Gasteiger partial charge in [0, 0.05) is 24.7 Å². The van der Waals surface area contributed by atoms with Crippen molar-refractivity contribution in [2.24, 2.45) is 0 Å². The molecule has 0 bridgehead atoms. The lowest BCUT2D eigenvalue weighted by molar-refractivity contribution is 0.0717. The Balaban J connectivity index is 1.35. The molecule has 2 aromatic heterocycles. The molecule has 0 aliphatic carbocycles. The first-order valence-corrected chi connectivity index (χ1v) is 10.4. The molecular formula is C19H18N4O2S2. The molecule has 0 spiro atoms. The van der Waals surface area contributed by atoms with Gasteiger partial charge >= 0.3 is 0 Å². The summed E-state index contributed by atoms with van der Waals surface area (Å²) < 4.78 is 0. The van der Waals surface area contributed by atoms with Gasteiger partial charge in [-0.3, -0.25) is 9.59 Å². The lowest BCUT2D eigenvalue weighted by Crippen LogP contribution is -2.37. The van der Waals surface area contributed by atoms with Crippen LogP contribution in [-0.2, 0) is 0 Å². The Morgan fingerprint density at radius 1 is 1.04 bits per heavy atom. The molecule has 0 unspecified atom stereocenters. The Hall–Kier alpha value is -2.58. The fourth-order valence-electron chi connectivity index (χ4n) is 3.08. The number of hydrogen-bond acceptors (Lipinski definition) is 6. The third kappa shape index (κ3) is 4.06. The van der Waals surface area contributed by atoms with Crippen molar-refractivity contribution in [2.45, 2.75) is 18.8 Å². The van der Waals surface area contributed by atoms with Crippen LogP contribution in [0.3, 0.4) is 0 Å². The van der Waals surface area contributed by atoms with Crippen LogP contribution in [-0.4, -0.2) is 40.0 Å². The maximum absolute atomic E-state index is 12.4. The number of nitrogens with one attached hydrogen (secondary N) is 1. The molecule has 2 amide bonds. The normalized spacial score (nSPS) is 14.9. The fourth-order valence-corrected chi connectivity index (χ4v) is 4.68. The van der Waals surface area contributed by atoms with E-state index in [2.05, 4.69) is 15.5 Å². The minimum atomic E-state index is -0.241. The van der Waals surface area contributed by atoms with E-state index < -0.39 is 0 Å². The predicted molar refractivity (Wildman–Crippen MR) is 107 cm³/mol. The number of likely N-dealkylation sites (tertiary alicyclic amines) is 1. The van der Waals surface area contributed by atoms with E-state index >= 15 is 0 Å². The standard InChI is InChI=1S/C19H18N4O2S2/c24-16(20-14-5-2-1-3-6-14)18-22-21-17(27-18)13-8-10-23(11-9-13)19(25)15-7-4-12-26-15/h1-7,12-13H,8-11H2,(H,20,24). The van der Waals surface area contributed by atoms with Crippen molar-refractivity contribution < 1.29 is 9.59 Å². The van der Waals surface area contributed by atoms with Gasteiger partial charge in [-0.25, -0.2) is 0 Å². The Morgan fingerprint density at radius 3 is 2.52 bits per heavy atom. The number of anilines is 1. The van der Waals surface area contributed by atoms with Gasteiger partial charge in [0.25, 0.3) is 11.8 Å². The predicted octanol–water partition coefficient (Wildman–Crippen LogP) is 3.87. The SMILES string of the molecule is O=C(Nc1ccccc1)c1nnc(C2CCN(C(=O)c3cccs3)CC2)s1. The third-order valence-electron chi connectivity index (χ3n) is 4.53. The maximum atomic E-state index is 12.4. The highest BCUT2D eigenvalue weighted by molar-refractivity contribution is 7.13. The van der Waals surface area contributed by atoms with Crippen molar-refractivity contribution in [1.82, 2.24) is 15.1 Å². The summed E-state index contributed by atoms with van der Waals surface area (Å²) in [5, 5.41) is 14.3. The summed E-state index contributed by atoms with van der Waals surface area (Å²) in [5.41, 5.74) is 0.736. The second-order valence-corrected chi connectivity index (χ2v) is 8.27. The monoisotopic (exact) mass is 398 g/mol. The van der Waals surface area contributed by atoms with E-state index in [1.54, 1.807) is 0 Å². The molecule has 27 heavy (non-hydrogen) atoms. The van der Waals surface area contributed by atoms with Gasteiger partial charge in [0.1, 0.15) is 5.01 Å². The molecule has 3 heterocycles. The van der Waals surface area contributed by atoms with E-state index in [0.717, 1.165) is 28.4 Å². The van der Waals surface area contributed by atoms with Gasteiger partial charge in [0.15, 0.2) is 0 Å². The van der Waals surface area contributed by atoms with Gasteiger partial charge in [-0.2, -0.15) is 0 Å². The highest BCUT2D eigenvalue weighted by atomic mass is 32.1. The molecule has 0 radical (unpaired) electrons. The van der Waals surface area contributed by atoms with Gasteiger partial charge in [-0.05, 0) is 36.4 Å². The van der Waals surface area contributed by atoms with Gasteiger partial charge in [0.2, 0.25) is 5.01 Å². The molecule has 1 aliphatic heterocycles. The number of piperidine rings is 1. The number of thiophene rings is 1. The van der Waals surface area contributed by atoms with Crippen LogP contribution in [0.25, 0.3) is 0 Å². The lowest BCUT2D eigenvalue weighted by atomic mass is 9.97. The number of carbonyl (C=O) groups excluding carboxylic acids is 2. The van der Waals surface area contributed by atoms with E-state index in [0.29, 0.717) is 18.1 Å². The van der Waals surface area contributed by atoms with Crippen LogP contribution in [0.5, 0.6) is 0 Å². The summed E-state index contributed by atoms with van der Waals surface area (Å²) in [6.07, 6.45) is 1.68. The molecule has 3 aromatic rings. The smallest absolute Gasteiger partial charge is 0.286 e. The number of carbonyl (C=O) groups is 2. The Morgan fingerprint density at radius 2 is 1.81 bits per heavy atom. The zero-order valence-electron chi connectivity index (χ0n) is 14.5. The average Bonchev–Trinajstić information content (AvgIpc) is 3.41. The first kappa shape index (κ1) is 17.8. The van der Waals surface area contributed by atoms with Crippen LogP contribution in [0.15, 0.2) is 47.8 Å². The van der Waals surface area contributed by atoms with Crippen LogP contribution in [0.1, 0.15) is 43.2 Å². The van der Waals surface area contributed by atoms with Crippen molar-refractivity contribution >= 4 is 40.2 Å². The van der Waals surface area contributed by atoms with Gasteiger partial charge < -0.3 is 10.2 Å². The van der Waals surface area contributed by atoms with Gasteiger partial charge in [-0.1, -0.05) is 35.6 Å². The molecule has 8 heteroatoms. The van der Waals surface area contributed by atoms with Crippen LogP contribution in [0.2, 0.25) is 0 Å². The molecule has 1 aromatic carbocycles. The quantitative estimate of drug-likeness (QED) is 0.724. The first-order chi connectivity index (χ1) is 13.2. The zero-order valence-corrected chi connectivity index (χ0v) is 16.1. The van der Waals surface area contributed by atoms with Crippen LogP contribution >= 0.6 is 22.7 Å². The number of rotatable bonds is 4. The maximum Gasteiger partial charge on any atom is 0.286 e. The Kier molecular flexibility index (Phi) is 5.26. The molecule has 6 nitrogen and oxygen atoms in total. The van der Waals surface area contributed by atoms with Crippen molar-refractivity contribution in [3.05, 3.63) is 62.7 Å². The molecule has 1 saturated heterocycles. The van der Waals surface area contributed by atoms with Gasteiger partial charge in [-0.15, -0.1) is 21.5 Å². The van der Waals surface area contributed by atoms with E-state index in [4.69, 9.17) is 0 Å². The van der Waals surface area contributed by atoms with Crippen LogP contribution in [0.4, 0.5) is 5.69 Å². The summed E-state index contributed by atoms with van der Waals surface area (Å²) in [5.74, 6) is 0.104. The molecular weight excluding hydrogens is 380 g/mol. The van der Waals surface area contributed by atoms with E-state index in [9.17, 15) is 9.59 Å². The number of benzene rings is 1. The highest BCUT2D eigenvalue weighted by Gasteiger charge is 2.27. The summed E-state index contributed by atoms with van der Waals surface area (Å²) >= 11 is 2.81. The molecule has 0 atom stereocenters. The fraction of sp³-hybridized carbons (Fsp3) is 0.263. The largest absolute Gasteiger partial charge is 0.338 e. The molecule has 138 valence electrons. The molecule has 0 saturated carbocycles. The zero-order chi connectivity index (χ0) is 18.6. The highest BCUT2D eigenvalue weighted by Crippen LogP contribution is 2.31. The minimum absolute atomic E-state index is 0.101. The van der Waals surface area contributed by atoms with Crippen molar-refractivity contribution in [2.75, 3.05) is 18.4 Å².